The first-order chi connectivity index (χ1) is 11.1. The Labute approximate surface area is 133 Å². The number of hydrogen-bond acceptors (Lipinski definition) is 4. The fourth-order valence-corrected chi connectivity index (χ4v) is 2.85. The zero-order valence-electron chi connectivity index (χ0n) is 12.6. The first kappa shape index (κ1) is 15.0. The standard InChI is InChI=1S/C17H16N2O4/c1-23-14-8-4-7-13(18-14)16(20)19-10-9-11-5-2-3-6-12(11)15(19)17(21)22/h2-8,15H,9-10H2,1H3,(H,21,22). The van der Waals surface area contributed by atoms with E-state index in [1.165, 1.54) is 12.0 Å². The van der Waals surface area contributed by atoms with Crippen LogP contribution in [0.2, 0.25) is 0 Å². The minimum Gasteiger partial charge on any atom is -0.481 e. The molecule has 1 amide bonds. The van der Waals surface area contributed by atoms with Gasteiger partial charge in [-0.1, -0.05) is 30.3 Å². The molecule has 0 saturated carbocycles. The number of amides is 1. The molecule has 6 heteroatoms. The topological polar surface area (TPSA) is 79.7 Å². The molecule has 1 unspecified atom stereocenters. The third-order valence-corrected chi connectivity index (χ3v) is 3.93. The summed E-state index contributed by atoms with van der Waals surface area (Å²) in [7, 11) is 1.47. The molecule has 1 aliphatic rings. The minimum atomic E-state index is -1.05. The molecule has 0 spiro atoms. The van der Waals surface area contributed by atoms with Crippen molar-refractivity contribution in [1.82, 2.24) is 9.88 Å². The number of hydrogen-bond donors (Lipinski definition) is 1. The molecule has 0 aliphatic carbocycles. The lowest BCUT2D eigenvalue weighted by Crippen LogP contribution is -2.43. The fourth-order valence-electron chi connectivity index (χ4n) is 2.85. The highest BCUT2D eigenvalue weighted by atomic mass is 16.5. The third-order valence-electron chi connectivity index (χ3n) is 3.93. The number of pyridine rings is 1. The molecule has 1 atom stereocenters. The Morgan fingerprint density at radius 2 is 2.00 bits per heavy atom. The quantitative estimate of drug-likeness (QED) is 0.936. The van der Waals surface area contributed by atoms with Gasteiger partial charge in [-0.25, -0.2) is 9.78 Å². The number of fused-ring (bicyclic) bond motifs is 1. The van der Waals surface area contributed by atoms with E-state index in [1.807, 2.05) is 12.1 Å². The summed E-state index contributed by atoms with van der Waals surface area (Å²) in [6.07, 6.45) is 0.621. The number of carbonyl (C=O) groups excluding carboxylic acids is 1. The van der Waals surface area contributed by atoms with Crippen LogP contribution >= 0.6 is 0 Å². The molecular formula is C17H16N2O4. The Kier molecular flexibility index (Phi) is 3.97. The van der Waals surface area contributed by atoms with Crippen LogP contribution in [-0.2, 0) is 11.2 Å². The van der Waals surface area contributed by atoms with Crippen LogP contribution in [0.25, 0.3) is 0 Å². The second-order valence-corrected chi connectivity index (χ2v) is 5.25. The van der Waals surface area contributed by atoms with Crippen molar-refractivity contribution in [3.63, 3.8) is 0 Å². The van der Waals surface area contributed by atoms with Gasteiger partial charge in [0.2, 0.25) is 5.88 Å². The van der Waals surface area contributed by atoms with Gasteiger partial charge in [-0.3, -0.25) is 4.79 Å². The summed E-state index contributed by atoms with van der Waals surface area (Å²) < 4.78 is 5.02. The maximum Gasteiger partial charge on any atom is 0.331 e. The molecule has 0 fully saturated rings. The number of nitrogens with zero attached hydrogens (tertiary/aromatic N) is 2. The molecule has 1 aromatic heterocycles. The Balaban J connectivity index is 1.98. The van der Waals surface area contributed by atoms with E-state index in [-0.39, 0.29) is 5.69 Å². The van der Waals surface area contributed by atoms with Crippen LogP contribution in [0, 0.1) is 0 Å². The molecule has 1 N–H and O–H groups in total. The summed E-state index contributed by atoms with van der Waals surface area (Å²) >= 11 is 0. The van der Waals surface area contributed by atoms with Gasteiger partial charge in [0.25, 0.3) is 5.91 Å². The SMILES string of the molecule is COc1cccc(C(=O)N2CCc3ccccc3C2C(=O)O)n1. The number of aliphatic carboxylic acids is 1. The average molecular weight is 312 g/mol. The summed E-state index contributed by atoms with van der Waals surface area (Å²) in [5.74, 6) is -1.14. The number of benzene rings is 1. The van der Waals surface area contributed by atoms with Gasteiger partial charge in [0.05, 0.1) is 7.11 Å². The van der Waals surface area contributed by atoms with E-state index in [2.05, 4.69) is 4.98 Å². The van der Waals surface area contributed by atoms with Crippen LogP contribution in [0.1, 0.15) is 27.7 Å². The number of rotatable bonds is 3. The molecule has 0 bridgehead atoms. The van der Waals surface area contributed by atoms with Gasteiger partial charge >= 0.3 is 5.97 Å². The number of ether oxygens (including phenoxy) is 1. The van der Waals surface area contributed by atoms with Crippen LogP contribution in [0.5, 0.6) is 5.88 Å². The van der Waals surface area contributed by atoms with Crippen LogP contribution in [0.4, 0.5) is 0 Å². The summed E-state index contributed by atoms with van der Waals surface area (Å²) in [5, 5.41) is 9.61. The number of aromatic nitrogens is 1. The summed E-state index contributed by atoms with van der Waals surface area (Å²) in [6.45, 7) is 0.339. The lowest BCUT2D eigenvalue weighted by Gasteiger charge is -2.34. The van der Waals surface area contributed by atoms with E-state index in [0.29, 0.717) is 24.4 Å². The van der Waals surface area contributed by atoms with Crippen molar-refractivity contribution in [3.05, 3.63) is 59.3 Å². The average Bonchev–Trinajstić information content (AvgIpc) is 2.59. The highest BCUT2D eigenvalue weighted by Gasteiger charge is 2.36. The van der Waals surface area contributed by atoms with Gasteiger partial charge in [0.15, 0.2) is 6.04 Å². The smallest absolute Gasteiger partial charge is 0.331 e. The second kappa shape index (κ2) is 6.08. The Morgan fingerprint density at radius 1 is 1.22 bits per heavy atom. The fraction of sp³-hybridized carbons (Fsp3) is 0.235. The maximum atomic E-state index is 12.7. The largest absolute Gasteiger partial charge is 0.481 e. The zero-order chi connectivity index (χ0) is 16.4. The monoisotopic (exact) mass is 312 g/mol. The van der Waals surface area contributed by atoms with Crippen molar-refractivity contribution in [3.8, 4) is 5.88 Å². The van der Waals surface area contributed by atoms with Crippen molar-refractivity contribution < 1.29 is 19.4 Å². The van der Waals surface area contributed by atoms with Crippen molar-refractivity contribution in [1.29, 1.82) is 0 Å². The van der Waals surface area contributed by atoms with Crippen LogP contribution in [0.3, 0.4) is 0 Å². The van der Waals surface area contributed by atoms with E-state index >= 15 is 0 Å². The summed E-state index contributed by atoms with van der Waals surface area (Å²) in [5.41, 5.74) is 1.79. The van der Waals surface area contributed by atoms with Crippen LogP contribution in [-0.4, -0.2) is 40.5 Å². The lowest BCUT2D eigenvalue weighted by atomic mass is 9.92. The molecule has 2 heterocycles. The Morgan fingerprint density at radius 3 is 2.74 bits per heavy atom. The van der Waals surface area contributed by atoms with E-state index in [4.69, 9.17) is 4.74 Å². The number of carboxylic acid groups (broad SMARTS) is 1. The van der Waals surface area contributed by atoms with Gasteiger partial charge in [0, 0.05) is 12.6 Å². The maximum absolute atomic E-state index is 12.7. The molecule has 0 saturated heterocycles. The Hall–Kier alpha value is -2.89. The molecule has 1 aromatic carbocycles. The summed E-state index contributed by atoms with van der Waals surface area (Å²) in [4.78, 5) is 29.9. The normalized spacial score (nSPS) is 16.6. The minimum absolute atomic E-state index is 0.176. The van der Waals surface area contributed by atoms with Gasteiger partial charge in [0.1, 0.15) is 5.69 Å². The second-order valence-electron chi connectivity index (χ2n) is 5.25. The highest BCUT2D eigenvalue weighted by molar-refractivity contribution is 5.95. The predicted molar refractivity (Wildman–Crippen MR) is 82.3 cm³/mol. The molecule has 118 valence electrons. The molecule has 0 radical (unpaired) electrons. The predicted octanol–water partition coefficient (Wildman–Crippen LogP) is 1.91. The van der Waals surface area contributed by atoms with E-state index in [0.717, 1.165) is 5.56 Å². The third kappa shape index (κ3) is 2.75. The zero-order valence-corrected chi connectivity index (χ0v) is 12.6. The summed E-state index contributed by atoms with van der Waals surface area (Å²) in [6, 6.07) is 11.2. The van der Waals surface area contributed by atoms with Crippen LogP contribution in [0.15, 0.2) is 42.5 Å². The van der Waals surface area contributed by atoms with E-state index < -0.39 is 17.9 Å². The van der Waals surface area contributed by atoms with E-state index in [9.17, 15) is 14.7 Å². The van der Waals surface area contributed by atoms with E-state index in [1.54, 1.807) is 30.3 Å². The van der Waals surface area contributed by atoms with Gasteiger partial charge in [-0.15, -0.1) is 0 Å². The van der Waals surface area contributed by atoms with Crippen molar-refractivity contribution in [2.75, 3.05) is 13.7 Å². The first-order valence-electron chi connectivity index (χ1n) is 7.24. The van der Waals surface area contributed by atoms with Gasteiger partial charge in [-0.2, -0.15) is 0 Å². The lowest BCUT2D eigenvalue weighted by molar-refractivity contribution is -0.143. The number of carboxylic acids is 1. The molecule has 1 aliphatic heterocycles. The molecule has 3 rings (SSSR count). The molecular weight excluding hydrogens is 296 g/mol. The molecule has 23 heavy (non-hydrogen) atoms. The van der Waals surface area contributed by atoms with Gasteiger partial charge < -0.3 is 14.7 Å². The van der Waals surface area contributed by atoms with Gasteiger partial charge in [-0.05, 0) is 23.6 Å². The van der Waals surface area contributed by atoms with Crippen molar-refractivity contribution >= 4 is 11.9 Å². The number of methoxy groups -OCH3 is 1. The number of carbonyl (C=O) groups is 2. The molecule has 2 aromatic rings. The molecule has 6 nitrogen and oxygen atoms in total. The van der Waals surface area contributed by atoms with Crippen molar-refractivity contribution in [2.45, 2.75) is 12.5 Å². The van der Waals surface area contributed by atoms with Crippen molar-refractivity contribution in [2.24, 2.45) is 0 Å². The highest BCUT2D eigenvalue weighted by Crippen LogP contribution is 2.31. The Bertz CT molecular complexity index is 760. The van der Waals surface area contributed by atoms with Crippen LogP contribution < -0.4 is 4.74 Å². The first-order valence-corrected chi connectivity index (χ1v) is 7.24.